The van der Waals surface area contributed by atoms with Gasteiger partial charge in [-0.05, 0) is 25.2 Å². The third-order valence-electron chi connectivity index (χ3n) is 3.13. The molecule has 0 bridgehead atoms. The first-order valence-corrected chi connectivity index (χ1v) is 5.79. The molecule has 1 heterocycles. The summed E-state index contributed by atoms with van der Waals surface area (Å²) in [6, 6.07) is 0.256. The van der Waals surface area contributed by atoms with Crippen LogP contribution in [0.1, 0.15) is 32.6 Å². The lowest BCUT2D eigenvalue weighted by Crippen LogP contribution is -2.49. The molecule has 0 aromatic heterocycles. The van der Waals surface area contributed by atoms with Gasteiger partial charge >= 0.3 is 0 Å². The standard InChI is InChI=1S/C12H22N2O.2ClH/c1-3-4-5-12(15)14-7-6-10(2)8-11(14)9-13;;/h3,10-11H,1,4-9,13H2,2H3;2*1H. The molecule has 5 heteroatoms. The van der Waals surface area contributed by atoms with Crippen molar-refractivity contribution >= 4 is 30.7 Å². The number of nitrogens with two attached hydrogens (primary N) is 1. The van der Waals surface area contributed by atoms with Gasteiger partial charge in [-0.15, -0.1) is 31.4 Å². The Kier molecular flexibility index (Phi) is 10.9. The number of halogens is 2. The number of amides is 1. The molecule has 1 aliphatic rings. The Bertz CT molecular complexity index is 237. The van der Waals surface area contributed by atoms with E-state index in [9.17, 15) is 4.79 Å². The molecule has 3 nitrogen and oxygen atoms in total. The second-order valence-corrected chi connectivity index (χ2v) is 4.43. The van der Waals surface area contributed by atoms with Crippen LogP contribution in [0.5, 0.6) is 0 Å². The molecule has 2 N–H and O–H groups in total. The summed E-state index contributed by atoms with van der Waals surface area (Å²) in [5, 5.41) is 0. The first-order chi connectivity index (χ1) is 7.19. The third kappa shape index (κ3) is 5.75. The largest absolute Gasteiger partial charge is 0.338 e. The van der Waals surface area contributed by atoms with Crippen molar-refractivity contribution in [1.82, 2.24) is 4.90 Å². The van der Waals surface area contributed by atoms with E-state index in [1.165, 1.54) is 0 Å². The summed E-state index contributed by atoms with van der Waals surface area (Å²) in [5.41, 5.74) is 5.71. The topological polar surface area (TPSA) is 46.3 Å². The number of piperidine rings is 1. The molecule has 0 aromatic rings. The minimum atomic E-state index is 0. The molecular weight excluding hydrogens is 259 g/mol. The summed E-state index contributed by atoms with van der Waals surface area (Å²) in [6.07, 6.45) is 5.30. The SMILES string of the molecule is C=CCCC(=O)N1CCC(C)CC1CN.Cl.Cl. The number of likely N-dealkylation sites (tertiary alicyclic amines) is 1. The van der Waals surface area contributed by atoms with E-state index in [-0.39, 0.29) is 36.8 Å². The first-order valence-electron chi connectivity index (χ1n) is 5.79. The van der Waals surface area contributed by atoms with Crippen molar-refractivity contribution in [2.24, 2.45) is 11.7 Å². The van der Waals surface area contributed by atoms with Gasteiger partial charge in [-0.3, -0.25) is 4.79 Å². The van der Waals surface area contributed by atoms with E-state index in [1.54, 1.807) is 6.08 Å². The highest BCUT2D eigenvalue weighted by molar-refractivity contribution is 5.85. The van der Waals surface area contributed by atoms with Gasteiger partial charge in [0.25, 0.3) is 0 Å². The number of carbonyl (C=O) groups is 1. The number of allylic oxidation sites excluding steroid dienone is 1. The maximum atomic E-state index is 11.9. The van der Waals surface area contributed by atoms with Crippen molar-refractivity contribution in [2.45, 2.75) is 38.6 Å². The molecule has 0 aromatic carbocycles. The number of nitrogens with zero attached hydrogens (tertiary/aromatic N) is 1. The van der Waals surface area contributed by atoms with Crippen LogP contribution < -0.4 is 5.73 Å². The minimum absolute atomic E-state index is 0. The quantitative estimate of drug-likeness (QED) is 0.805. The lowest BCUT2D eigenvalue weighted by atomic mass is 9.92. The van der Waals surface area contributed by atoms with Gasteiger partial charge in [0.05, 0.1) is 0 Å². The number of hydrogen-bond donors (Lipinski definition) is 1. The van der Waals surface area contributed by atoms with Crippen LogP contribution in [0.3, 0.4) is 0 Å². The molecule has 0 spiro atoms. The summed E-state index contributed by atoms with van der Waals surface area (Å²) in [7, 11) is 0. The second-order valence-electron chi connectivity index (χ2n) is 4.43. The molecule has 0 aliphatic carbocycles. The summed E-state index contributed by atoms with van der Waals surface area (Å²) < 4.78 is 0. The van der Waals surface area contributed by atoms with Gasteiger partial charge in [0.2, 0.25) is 5.91 Å². The summed E-state index contributed by atoms with van der Waals surface area (Å²) in [4.78, 5) is 13.8. The number of rotatable bonds is 4. The van der Waals surface area contributed by atoms with Gasteiger partial charge in [-0.2, -0.15) is 0 Å². The van der Waals surface area contributed by atoms with Gasteiger partial charge in [0.15, 0.2) is 0 Å². The fraction of sp³-hybridized carbons (Fsp3) is 0.750. The van der Waals surface area contributed by atoms with Crippen LogP contribution in [-0.2, 0) is 4.79 Å². The van der Waals surface area contributed by atoms with Crippen molar-refractivity contribution in [3.05, 3.63) is 12.7 Å². The fourth-order valence-corrected chi connectivity index (χ4v) is 2.17. The highest BCUT2D eigenvalue weighted by Crippen LogP contribution is 2.22. The average molecular weight is 283 g/mol. The second kappa shape index (κ2) is 9.75. The maximum absolute atomic E-state index is 11.9. The number of hydrogen-bond acceptors (Lipinski definition) is 2. The van der Waals surface area contributed by atoms with Gasteiger partial charge in [0, 0.05) is 25.6 Å². The minimum Gasteiger partial charge on any atom is -0.338 e. The predicted octanol–water partition coefficient (Wildman–Crippen LogP) is 2.38. The van der Waals surface area contributed by atoms with Crippen LogP contribution in [0.15, 0.2) is 12.7 Å². The Morgan fingerprint density at radius 3 is 2.71 bits per heavy atom. The molecule has 1 fully saturated rings. The first kappa shape index (κ1) is 19.1. The lowest BCUT2D eigenvalue weighted by Gasteiger charge is -2.38. The van der Waals surface area contributed by atoms with Crippen molar-refractivity contribution in [2.75, 3.05) is 13.1 Å². The van der Waals surface area contributed by atoms with E-state index in [0.717, 1.165) is 25.8 Å². The van der Waals surface area contributed by atoms with E-state index in [0.29, 0.717) is 18.9 Å². The average Bonchev–Trinajstić information content (AvgIpc) is 2.25. The van der Waals surface area contributed by atoms with Crippen molar-refractivity contribution in [1.29, 1.82) is 0 Å². The predicted molar refractivity (Wildman–Crippen MR) is 76.9 cm³/mol. The van der Waals surface area contributed by atoms with Gasteiger partial charge in [-0.25, -0.2) is 0 Å². The van der Waals surface area contributed by atoms with Crippen molar-refractivity contribution in [3.63, 3.8) is 0 Å². The monoisotopic (exact) mass is 282 g/mol. The van der Waals surface area contributed by atoms with Crippen LogP contribution in [0, 0.1) is 5.92 Å². The van der Waals surface area contributed by atoms with Gasteiger partial charge in [0.1, 0.15) is 0 Å². The van der Waals surface area contributed by atoms with E-state index in [1.807, 2.05) is 4.90 Å². The Morgan fingerprint density at radius 1 is 1.53 bits per heavy atom. The molecule has 1 amide bonds. The molecule has 1 rings (SSSR count). The zero-order chi connectivity index (χ0) is 11.3. The Labute approximate surface area is 117 Å². The van der Waals surface area contributed by atoms with E-state index < -0.39 is 0 Å². The molecule has 17 heavy (non-hydrogen) atoms. The Hall–Kier alpha value is -0.250. The molecule has 2 unspecified atom stereocenters. The zero-order valence-corrected chi connectivity index (χ0v) is 12.1. The highest BCUT2D eigenvalue weighted by Gasteiger charge is 2.28. The molecule has 0 saturated carbocycles. The van der Waals surface area contributed by atoms with Crippen LogP contribution >= 0.6 is 24.8 Å². The van der Waals surface area contributed by atoms with E-state index >= 15 is 0 Å². The van der Waals surface area contributed by atoms with E-state index in [4.69, 9.17) is 5.73 Å². The normalized spacial score (nSPS) is 23.3. The highest BCUT2D eigenvalue weighted by atomic mass is 35.5. The van der Waals surface area contributed by atoms with Gasteiger partial charge in [-0.1, -0.05) is 13.0 Å². The summed E-state index contributed by atoms with van der Waals surface area (Å²) in [5.74, 6) is 0.930. The van der Waals surface area contributed by atoms with Crippen molar-refractivity contribution in [3.8, 4) is 0 Å². The maximum Gasteiger partial charge on any atom is 0.223 e. The summed E-state index contributed by atoms with van der Waals surface area (Å²) in [6.45, 7) is 7.33. The molecule has 1 saturated heterocycles. The fourth-order valence-electron chi connectivity index (χ4n) is 2.17. The Balaban J connectivity index is 0. The zero-order valence-electron chi connectivity index (χ0n) is 10.4. The molecule has 1 aliphatic heterocycles. The van der Waals surface area contributed by atoms with Crippen LogP contribution in [0.25, 0.3) is 0 Å². The van der Waals surface area contributed by atoms with Gasteiger partial charge < -0.3 is 10.6 Å². The molecular formula is C12H24Cl2N2O. The Morgan fingerprint density at radius 2 is 2.18 bits per heavy atom. The van der Waals surface area contributed by atoms with E-state index in [2.05, 4.69) is 13.5 Å². The molecule has 102 valence electrons. The number of carbonyl (C=O) groups excluding carboxylic acids is 1. The molecule has 2 atom stereocenters. The van der Waals surface area contributed by atoms with Crippen LogP contribution in [0.2, 0.25) is 0 Å². The van der Waals surface area contributed by atoms with Crippen LogP contribution in [-0.4, -0.2) is 29.9 Å². The lowest BCUT2D eigenvalue weighted by molar-refractivity contribution is -0.135. The summed E-state index contributed by atoms with van der Waals surface area (Å²) >= 11 is 0. The molecule has 0 radical (unpaired) electrons. The third-order valence-corrected chi connectivity index (χ3v) is 3.13. The van der Waals surface area contributed by atoms with Crippen molar-refractivity contribution < 1.29 is 4.79 Å². The smallest absolute Gasteiger partial charge is 0.223 e. The van der Waals surface area contributed by atoms with Crippen LogP contribution in [0.4, 0.5) is 0 Å².